The molecule has 0 aromatic heterocycles. The maximum atomic E-state index is 11.2. The fraction of sp³-hybridized carbons (Fsp3) is 0.462. The van der Waals surface area contributed by atoms with Crippen molar-refractivity contribution in [2.24, 2.45) is 5.41 Å². The molecule has 0 bridgehead atoms. The number of aliphatic hydroxyl groups excluding tert-OH is 1. The average Bonchev–Trinajstić information content (AvgIpc) is 2.30. The zero-order valence-electron chi connectivity index (χ0n) is 10.2. The minimum absolute atomic E-state index is 0.0150. The molecule has 0 spiro atoms. The van der Waals surface area contributed by atoms with Crippen LogP contribution in [-0.2, 0) is 4.79 Å². The van der Waals surface area contributed by atoms with Gasteiger partial charge in [-0.2, -0.15) is 0 Å². The van der Waals surface area contributed by atoms with Crippen molar-refractivity contribution in [2.45, 2.75) is 19.9 Å². The first-order chi connectivity index (χ1) is 7.96. The number of rotatable bonds is 6. The Morgan fingerprint density at radius 2 is 1.94 bits per heavy atom. The lowest BCUT2D eigenvalue weighted by Gasteiger charge is -2.25. The van der Waals surface area contributed by atoms with E-state index in [9.17, 15) is 9.90 Å². The third-order valence-electron chi connectivity index (χ3n) is 2.59. The summed E-state index contributed by atoms with van der Waals surface area (Å²) in [5, 5.41) is 21.3. The van der Waals surface area contributed by atoms with E-state index in [0.29, 0.717) is 12.1 Å². The first-order valence-electron chi connectivity index (χ1n) is 5.58. The van der Waals surface area contributed by atoms with Gasteiger partial charge in [-0.1, -0.05) is 44.2 Å². The third-order valence-corrected chi connectivity index (χ3v) is 2.59. The molecule has 1 aromatic rings. The molecule has 4 heteroatoms. The van der Waals surface area contributed by atoms with E-state index in [1.807, 2.05) is 32.0 Å². The van der Waals surface area contributed by atoms with Crippen molar-refractivity contribution in [2.75, 3.05) is 13.2 Å². The van der Waals surface area contributed by atoms with E-state index in [1.54, 1.807) is 12.1 Å². The molecule has 4 nitrogen and oxygen atoms in total. The van der Waals surface area contributed by atoms with Gasteiger partial charge >= 0.3 is 5.97 Å². The molecule has 0 fully saturated rings. The average molecular weight is 237 g/mol. The Balaban J connectivity index is 2.72. The number of hydrogen-bond donors (Lipinski definition) is 3. The first kappa shape index (κ1) is 13.7. The number of carboxylic acids is 1. The molecule has 1 unspecified atom stereocenters. The van der Waals surface area contributed by atoms with Crippen LogP contribution < -0.4 is 5.32 Å². The highest BCUT2D eigenvalue weighted by molar-refractivity contribution is 5.75. The molecule has 94 valence electrons. The molecule has 1 aromatic carbocycles. The van der Waals surface area contributed by atoms with Gasteiger partial charge in [-0.25, -0.2) is 0 Å². The lowest BCUT2D eigenvalue weighted by atomic mass is 9.94. The van der Waals surface area contributed by atoms with Crippen LogP contribution in [0.15, 0.2) is 30.3 Å². The monoisotopic (exact) mass is 237 g/mol. The van der Waals surface area contributed by atoms with Gasteiger partial charge in [0.2, 0.25) is 0 Å². The summed E-state index contributed by atoms with van der Waals surface area (Å²) in [5.41, 5.74) is 0.386. The van der Waals surface area contributed by atoms with Gasteiger partial charge in [0.15, 0.2) is 0 Å². The van der Waals surface area contributed by atoms with E-state index < -0.39 is 12.0 Å². The van der Waals surface area contributed by atoms with Crippen molar-refractivity contribution in [3.05, 3.63) is 35.9 Å². The minimum Gasteiger partial charge on any atom is -0.480 e. The van der Waals surface area contributed by atoms with Crippen LogP contribution in [-0.4, -0.2) is 29.3 Å². The van der Waals surface area contributed by atoms with Crippen LogP contribution in [0, 0.1) is 5.41 Å². The van der Waals surface area contributed by atoms with Crippen molar-refractivity contribution in [3.63, 3.8) is 0 Å². The molecule has 0 saturated carbocycles. The number of benzene rings is 1. The van der Waals surface area contributed by atoms with E-state index in [-0.39, 0.29) is 12.0 Å². The third kappa shape index (κ3) is 4.17. The standard InChI is InChI=1S/C13H19NO3/c1-13(2,9-15)8-14-11(12(16)17)10-6-4-3-5-7-10/h3-7,11,14-15H,8-9H2,1-2H3,(H,16,17). The zero-order chi connectivity index (χ0) is 12.9. The van der Waals surface area contributed by atoms with Gasteiger partial charge < -0.3 is 15.5 Å². The smallest absolute Gasteiger partial charge is 0.325 e. The van der Waals surface area contributed by atoms with Gasteiger partial charge in [0.05, 0.1) is 0 Å². The predicted octanol–water partition coefficient (Wildman–Crippen LogP) is 1.42. The van der Waals surface area contributed by atoms with Gasteiger partial charge in [-0.3, -0.25) is 4.79 Å². The van der Waals surface area contributed by atoms with Gasteiger partial charge in [0.1, 0.15) is 6.04 Å². The predicted molar refractivity (Wildman–Crippen MR) is 65.7 cm³/mol. The van der Waals surface area contributed by atoms with Crippen LogP contribution in [0.2, 0.25) is 0 Å². The molecule has 1 rings (SSSR count). The van der Waals surface area contributed by atoms with E-state index in [0.717, 1.165) is 0 Å². The largest absolute Gasteiger partial charge is 0.480 e. The number of hydrogen-bond acceptors (Lipinski definition) is 3. The fourth-order valence-corrected chi connectivity index (χ4v) is 1.43. The second kappa shape index (κ2) is 5.80. The van der Waals surface area contributed by atoms with Crippen LogP contribution in [0.1, 0.15) is 25.5 Å². The van der Waals surface area contributed by atoms with E-state index in [2.05, 4.69) is 5.32 Å². The molecule has 17 heavy (non-hydrogen) atoms. The summed E-state index contributed by atoms with van der Waals surface area (Å²) in [6.07, 6.45) is 0. The Bertz CT molecular complexity index is 362. The van der Waals surface area contributed by atoms with Crippen LogP contribution >= 0.6 is 0 Å². The second-order valence-electron chi connectivity index (χ2n) is 4.89. The quantitative estimate of drug-likeness (QED) is 0.700. The Morgan fingerprint density at radius 1 is 1.35 bits per heavy atom. The molecule has 3 N–H and O–H groups in total. The Labute approximate surface area is 101 Å². The highest BCUT2D eigenvalue weighted by Gasteiger charge is 2.23. The topological polar surface area (TPSA) is 69.6 Å². The normalized spacial score (nSPS) is 13.4. The fourth-order valence-electron chi connectivity index (χ4n) is 1.43. The molecular weight excluding hydrogens is 218 g/mol. The Kier molecular flexibility index (Phi) is 4.66. The summed E-state index contributed by atoms with van der Waals surface area (Å²) in [5.74, 6) is -0.912. The van der Waals surface area contributed by atoms with Gasteiger partial charge in [0, 0.05) is 18.6 Å². The number of aliphatic carboxylic acids is 1. The maximum absolute atomic E-state index is 11.2. The molecule has 1 atom stereocenters. The summed E-state index contributed by atoms with van der Waals surface area (Å²) in [4.78, 5) is 11.2. The van der Waals surface area contributed by atoms with Gasteiger partial charge in [0.25, 0.3) is 0 Å². The van der Waals surface area contributed by atoms with Crippen molar-refractivity contribution >= 4 is 5.97 Å². The highest BCUT2D eigenvalue weighted by Crippen LogP contribution is 2.17. The SMILES string of the molecule is CC(C)(CO)CNC(C(=O)O)c1ccccc1. The summed E-state index contributed by atoms with van der Waals surface area (Å²) < 4.78 is 0. The number of carboxylic acid groups (broad SMARTS) is 1. The molecule has 0 aliphatic rings. The van der Waals surface area contributed by atoms with Gasteiger partial charge in [-0.05, 0) is 5.56 Å². The second-order valence-corrected chi connectivity index (χ2v) is 4.89. The van der Waals surface area contributed by atoms with Crippen molar-refractivity contribution in [3.8, 4) is 0 Å². The van der Waals surface area contributed by atoms with E-state index in [4.69, 9.17) is 5.11 Å². The van der Waals surface area contributed by atoms with Crippen molar-refractivity contribution < 1.29 is 15.0 Å². The number of aliphatic hydroxyl groups is 1. The van der Waals surface area contributed by atoms with Crippen LogP contribution in [0.4, 0.5) is 0 Å². The molecule has 0 amide bonds. The van der Waals surface area contributed by atoms with Crippen LogP contribution in [0.25, 0.3) is 0 Å². The van der Waals surface area contributed by atoms with Crippen molar-refractivity contribution in [1.82, 2.24) is 5.32 Å². The summed E-state index contributed by atoms with van der Waals surface area (Å²) >= 11 is 0. The first-order valence-corrected chi connectivity index (χ1v) is 5.58. The molecule has 0 aliphatic heterocycles. The molecule has 0 radical (unpaired) electrons. The molecule has 0 saturated heterocycles. The maximum Gasteiger partial charge on any atom is 0.325 e. The van der Waals surface area contributed by atoms with Crippen LogP contribution in [0.3, 0.4) is 0 Å². The number of nitrogens with one attached hydrogen (secondary N) is 1. The number of carbonyl (C=O) groups is 1. The lowest BCUT2D eigenvalue weighted by Crippen LogP contribution is -2.37. The Morgan fingerprint density at radius 3 is 2.41 bits per heavy atom. The van der Waals surface area contributed by atoms with Crippen LogP contribution in [0.5, 0.6) is 0 Å². The summed E-state index contributed by atoms with van der Waals surface area (Å²) in [6, 6.07) is 8.28. The highest BCUT2D eigenvalue weighted by atomic mass is 16.4. The molecule has 0 heterocycles. The lowest BCUT2D eigenvalue weighted by molar-refractivity contribution is -0.139. The summed E-state index contributed by atoms with van der Waals surface area (Å²) in [6.45, 7) is 4.21. The van der Waals surface area contributed by atoms with Gasteiger partial charge in [-0.15, -0.1) is 0 Å². The summed E-state index contributed by atoms with van der Waals surface area (Å²) in [7, 11) is 0. The Hall–Kier alpha value is -1.39. The van der Waals surface area contributed by atoms with E-state index in [1.165, 1.54) is 0 Å². The molecule has 0 aliphatic carbocycles. The van der Waals surface area contributed by atoms with Crippen molar-refractivity contribution in [1.29, 1.82) is 0 Å². The molecular formula is C13H19NO3. The van der Waals surface area contributed by atoms with E-state index >= 15 is 0 Å². The zero-order valence-corrected chi connectivity index (χ0v) is 10.2. The minimum atomic E-state index is -0.912.